The fourth-order valence-corrected chi connectivity index (χ4v) is 2.64. The molecule has 0 aliphatic rings. The Balaban J connectivity index is 4.41. The van der Waals surface area contributed by atoms with Crippen molar-refractivity contribution >= 4 is 10.0 Å². The van der Waals surface area contributed by atoms with E-state index in [9.17, 15) is 44.4 Å². The van der Waals surface area contributed by atoms with Crippen molar-refractivity contribution in [2.24, 2.45) is 0 Å². The van der Waals surface area contributed by atoms with Gasteiger partial charge in [0.1, 0.15) is 0 Å². The number of alkyl halides is 7. The quantitative estimate of drug-likeness (QED) is 0.260. The van der Waals surface area contributed by atoms with E-state index in [-0.39, 0.29) is 19.5 Å². The Morgan fingerprint density at radius 3 is 1.88 bits per heavy atom. The Labute approximate surface area is 140 Å². The Hall–Kier alpha value is -0.700. The van der Waals surface area contributed by atoms with Gasteiger partial charge in [0.05, 0.1) is 33.0 Å². The van der Waals surface area contributed by atoms with Crippen LogP contribution in [0, 0.1) is 5.21 Å². The molecule has 0 aromatic carbocycles. The van der Waals surface area contributed by atoms with E-state index >= 15 is 0 Å². The van der Waals surface area contributed by atoms with Gasteiger partial charge in [0.25, 0.3) is 0 Å². The SMILES string of the molecule is C[N+](C)([O-])CCCNS(=O)(=O)CCCOC(F)(C(F)(F)F)C(F)(F)F. The van der Waals surface area contributed by atoms with Crippen LogP contribution in [0.25, 0.3) is 0 Å². The number of hydrogen-bond acceptors (Lipinski definition) is 4. The van der Waals surface area contributed by atoms with Crippen LogP contribution < -0.4 is 4.72 Å². The van der Waals surface area contributed by atoms with Gasteiger partial charge in [-0.25, -0.2) is 13.1 Å². The molecule has 0 aromatic heterocycles. The molecule has 6 nitrogen and oxygen atoms in total. The first kappa shape index (κ1) is 24.3. The molecule has 0 amide bonds. The molecule has 0 heterocycles. The predicted molar refractivity (Wildman–Crippen MR) is 73.3 cm³/mol. The number of quaternary nitrogens is 1. The molecular formula is C11H19F7N2O4S. The molecule has 0 saturated heterocycles. The summed E-state index contributed by atoms with van der Waals surface area (Å²) in [6.07, 6.45) is -13.3. The van der Waals surface area contributed by atoms with Crippen molar-refractivity contribution < 1.29 is 48.5 Å². The molecule has 25 heavy (non-hydrogen) atoms. The summed E-state index contributed by atoms with van der Waals surface area (Å²) in [5, 5.41) is 11.2. The van der Waals surface area contributed by atoms with Crippen molar-refractivity contribution in [3.8, 4) is 0 Å². The second-order valence-corrected chi connectivity index (χ2v) is 7.58. The molecule has 0 atom stereocenters. The van der Waals surface area contributed by atoms with Crippen molar-refractivity contribution in [2.75, 3.05) is 39.5 Å². The van der Waals surface area contributed by atoms with E-state index < -0.39 is 51.7 Å². The normalized spacial score (nSPS) is 14.8. The van der Waals surface area contributed by atoms with Gasteiger partial charge in [0.2, 0.25) is 10.0 Å². The second-order valence-electron chi connectivity index (χ2n) is 5.66. The number of hydroxylamine groups is 3. The van der Waals surface area contributed by atoms with Gasteiger partial charge < -0.3 is 14.6 Å². The molecule has 0 spiro atoms. The Morgan fingerprint density at radius 2 is 1.48 bits per heavy atom. The second kappa shape index (κ2) is 8.33. The van der Waals surface area contributed by atoms with E-state index in [0.29, 0.717) is 0 Å². The Kier molecular flexibility index (Phi) is 8.09. The average Bonchev–Trinajstić information content (AvgIpc) is 2.36. The number of nitrogens with one attached hydrogen (secondary N) is 1. The lowest BCUT2D eigenvalue weighted by Gasteiger charge is -2.33. The van der Waals surface area contributed by atoms with Crippen molar-refractivity contribution in [3.63, 3.8) is 0 Å². The number of hydrogen-bond donors (Lipinski definition) is 1. The lowest BCUT2D eigenvalue weighted by molar-refractivity contribution is -0.840. The van der Waals surface area contributed by atoms with Gasteiger partial charge in [-0.05, 0) is 6.42 Å². The highest BCUT2D eigenvalue weighted by molar-refractivity contribution is 7.89. The molecule has 0 rings (SSSR count). The molecule has 0 aliphatic carbocycles. The summed E-state index contributed by atoms with van der Waals surface area (Å²) < 4.78 is 114. The minimum atomic E-state index is -6.36. The van der Waals surface area contributed by atoms with Gasteiger partial charge in [-0.1, -0.05) is 0 Å². The summed E-state index contributed by atoms with van der Waals surface area (Å²) in [6, 6.07) is 0. The first-order valence-electron chi connectivity index (χ1n) is 6.89. The third-order valence-electron chi connectivity index (χ3n) is 2.78. The van der Waals surface area contributed by atoms with Gasteiger partial charge in [-0.15, -0.1) is 0 Å². The van der Waals surface area contributed by atoms with E-state index in [1.165, 1.54) is 14.1 Å². The molecule has 0 radical (unpaired) electrons. The lowest BCUT2D eigenvalue weighted by atomic mass is 10.3. The number of halogens is 7. The first-order chi connectivity index (χ1) is 10.9. The molecule has 0 unspecified atom stereocenters. The van der Waals surface area contributed by atoms with E-state index in [4.69, 9.17) is 0 Å². The summed E-state index contributed by atoms with van der Waals surface area (Å²) in [7, 11) is -1.35. The van der Waals surface area contributed by atoms with Crippen molar-refractivity contribution in [2.45, 2.75) is 31.0 Å². The molecule has 0 bridgehead atoms. The zero-order chi connectivity index (χ0) is 20.2. The highest BCUT2D eigenvalue weighted by Gasteiger charge is 2.74. The lowest BCUT2D eigenvalue weighted by Crippen LogP contribution is -2.55. The number of sulfonamides is 1. The zero-order valence-corrected chi connectivity index (χ0v) is 14.2. The summed E-state index contributed by atoms with van der Waals surface area (Å²) in [5.41, 5.74) is 0. The molecule has 0 aromatic rings. The number of rotatable bonds is 10. The fourth-order valence-electron chi connectivity index (χ4n) is 1.55. The molecule has 0 fully saturated rings. The molecule has 0 aliphatic heterocycles. The summed E-state index contributed by atoms with van der Waals surface area (Å²) >= 11 is 0. The average molecular weight is 408 g/mol. The fraction of sp³-hybridized carbons (Fsp3) is 1.00. The van der Waals surface area contributed by atoms with Crippen LogP contribution in [0.15, 0.2) is 0 Å². The van der Waals surface area contributed by atoms with Crippen molar-refractivity contribution in [1.29, 1.82) is 0 Å². The highest BCUT2D eigenvalue weighted by Crippen LogP contribution is 2.46. The van der Waals surface area contributed by atoms with Crippen LogP contribution in [0.3, 0.4) is 0 Å². The first-order valence-corrected chi connectivity index (χ1v) is 8.54. The molecule has 1 N–H and O–H groups in total. The summed E-state index contributed by atoms with van der Waals surface area (Å²) in [6.45, 7) is -1.46. The number of nitrogens with zero attached hydrogens (tertiary/aromatic N) is 1. The zero-order valence-electron chi connectivity index (χ0n) is 13.4. The summed E-state index contributed by atoms with van der Waals surface area (Å²) in [5.74, 6) is -6.73. The third-order valence-corrected chi connectivity index (χ3v) is 4.25. The Bertz CT molecular complexity index is 500. The maximum Gasteiger partial charge on any atom is 0.458 e. The van der Waals surface area contributed by atoms with Crippen LogP contribution in [0.5, 0.6) is 0 Å². The van der Waals surface area contributed by atoms with Gasteiger partial charge in [-0.3, -0.25) is 0 Å². The van der Waals surface area contributed by atoms with Crippen LogP contribution in [0.4, 0.5) is 30.7 Å². The maximum absolute atomic E-state index is 13.1. The topological polar surface area (TPSA) is 78.5 Å². The van der Waals surface area contributed by atoms with Crippen molar-refractivity contribution in [1.82, 2.24) is 4.72 Å². The molecule has 152 valence electrons. The molecule has 0 saturated carbocycles. The van der Waals surface area contributed by atoms with Crippen LogP contribution in [0.1, 0.15) is 12.8 Å². The van der Waals surface area contributed by atoms with Crippen LogP contribution >= 0.6 is 0 Å². The van der Waals surface area contributed by atoms with Gasteiger partial charge >= 0.3 is 18.2 Å². The largest absolute Gasteiger partial charge is 0.633 e. The van der Waals surface area contributed by atoms with E-state index in [2.05, 4.69) is 4.74 Å². The van der Waals surface area contributed by atoms with E-state index in [1.807, 2.05) is 4.72 Å². The van der Waals surface area contributed by atoms with Gasteiger partial charge in [0.15, 0.2) is 0 Å². The highest BCUT2D eigenvalue weighted by atomic mass is 32.2. The predicted octanol–water partition coefficient (Wildman–Crippen LogP) is 2.07. The van der Waals surface area contributed by atoms with Gasteiger partial charge in [0, 0.05) is 13.0 Å². The van der Waals surface area contributed by atoms with Crippen molar-refractivity contribution in [3.05, 3.63) is 5.21 Å². The monoisotopic (exact) mass is 408 g/mol. The minimum Gasteiger partial charge on any atom is -0.633 e. The van der Waals surface area contributed by atoms with Crippen LogP contribution in [-0.2, 0) is 14.8 Å². The standard InChI is InChI=1S/C11H19F7N2O4S/c1-20(2,21)6-3-5-19-25(22,23)8-4-7-24-9(12,10(13,14)15)11(16,17)18/h19H,3-8H2,1-2H3. The summed E-state index contributed by atoms with van der Waals surface area (Å²) in [4.78, 5) is 0. The molecule has 14 heteroatoms. The third kappa shape index (κ3) is 8.48. The molecular weight excluding hydrogens is 389 g/mol. The van der Waals surface area contributed by atoms with Crippen LogP contribution in [-0.4, -0.2) is 70.8 Å². The van der Waals surface area contributed by atoms with E-state index in [1.54, 1.807) is 0 Å². The van der Waals surface area contributed by atoms with Gasteiger partial charge in [-0.2, -0.15) is 30.7 Å². The smallest absolute Gasteiger partial charge is 0.458 e. The maximum atomic E-state index is 13.1. The number of ether oxygens (including phenoxy) is 1. The van der Waals surface area contributed by atoms with Crippen LogP contribution in [0.2, 0.25) is 0 Å². The minimum absolute atomic E-state index is 0.0904. The Morgan fingerprint density at radius 1 is 1.00 bits per heavy atom. The van der Waals surface area contributed by atoms with E-state index in [0.717, 1.165) is 0 Å².